The maximum Gasteiger partial charge on any atom is 0.345 e. The highest BCUT2D eigenvalue weighted by Crippen LogP contribution is 2.10. The fourth-order valence-electron chi connectivity index (χ4n) is 2.83. The van der Waals surface area contributed by atoms with E-state index in [9.17, 15) is 9.59 Å². The van der Waals surface area contributed by atoms with E-state index in [0.29, 0.717) is 25.3 Å². The molecule has 1 aliphatic rings. The molecular formula is C17H23N5O2S. The average molecular weight is 361 g/mol. The first-order valence-electron chi connectivity index (χ1n) is 8.65. The molecule has 0 unspecified atom stereocenters. The van der Waals surface area contributed by atoms with Gasteiger partial charge in [0, 0.05) is 38.0 Å². The minimum Gasteiger partial charge on any atom is -0.355 e. The summed E-state index contributed by atoms with van der Waals surface area (Å²) in [6, 6.07) is 5.77. The van der Waals surface area contributed by atoms with E-state index >= 15 is 0 Å². The van der Waals surface area contributed by atoms with Crippen molar-refractivity contribution in [3.8, 4) is 0 Å². The van der Waals surface area contributed by atoms with Gasteiger partial charge in [0.1, 0.15) is 5.82 Å². The third-order valence-corrected chi connectivity index (χ3v) is 5.08. The molecule has 0 spiro atoms. The van der Waals surface area contributed by atoms with Crippen LogP contribution in [0.3, 0.4) is 0 Å². The van der Waals surface area contributed by atoms with E-state index in [0.717, 1.165) is 43.1 Å². The topological polar surface area (TPSA) is 81.8 Å². The summed E-state index contributed by atoms with van der Waals surface area (Å²) >= 11 is 1.54. The van der Waals surface area contributed by atoms with Crippen molar-refractivity contribution in [1.29, 1.82) is 0 Å². The number of rotatable bonds is 8. The number of hydrogen-bond donors (Lipinski definition) is 1. The molecule has 0 saturated carbocycles. The van der Waals surface area contributed by atoms with Crippen LogP contribution in [0.5, 0.6) is 0 Å². The Kier molecular flexibility index (Phi) is 6.27. The van der Waals surface area contributed by atoms with Crippen LogP contribution in [0.25, 0.3) is 0 Å². The van der Waals surface area contributed by atoms with Gasteiger partial charge in [-0.25, -0.2) is 9.48 Å². The van der Waals surface area contributed by atoms with Crippen molar-refractivity contribution in [1.82, 2.24) is 24.6 Å². The third-order valence-electron chi connectivity index (χ3n) is 4.11. The summed E-state index contributed by atoms with van der Waals surface area (Å²) < 4.78 is 3.30. The van der Waals surface area contributed by atoms with Crippen molar-refractivity contribution in [3.63, 3.8) is 0 Å². The molecule has 25 heavy (non-hydrogen) atoms. The Morgan fingerprint density at radius 3 is 3.04 bits per heavy atom. The minimum absolute atomic E-state index is 0.0115. The molecule has 3 heterocycles. The number of aromatic nitrogens is 4. The Hall–Kier alpha value is -2.09. The van der Waals surface area contributed by atoms with Crippen LogP contribution in [-0.2, 0) is 30.1 Å². The van der Waals surface area contributed by atoms with Crippen molar-refractivity contribution in [2.45, 2.75) is 44.5 Å². The summed E-state index contributed by atoms with van der Waals surface area (Å²) in [4.78, 5) is 28.2. The summed E-state index contributed by atoms with van der Waals surface area (Å²) in [7, 11) is 0. The van der Waals surface area contributed by atoms with Crippen molar-refractivity contribution < 1.29 is 4.79 Å². The molecule has 0 saturated heterocycles. The Morgan fingerprint density at radius 2 is 2.24 bits per heavy atom. The largest absolute Gasteiger partial charge is 0.355 e. The average Bonchev–Trinajstić information content (AvgIpc) is 2.96. The lowest BCUT2D eigenvalue weighted by atomic mass is 10.2. The lowest BCUT2D eigenvalue weighted by Crippen LogP contribution is -2.30. The standard InChI is InChI=1S/C17H23N5O2S/c23-16(13-25-12-14-6-1-3-8-18-14)19-9-5-11-22-17(24)21-10-4-2-7-15(21)20-22/h1,3,6,8H,2,4-5,7,9-13H2,(H,19,23). The molecule has 1 N–H and O–H groups in total. The van der Waals surface area contributed by atoms with Crippen molar-refractivity contribution >= 4 is 17.7 Å². The number of nitrogens with zero attached hydrogens (tertiary/aromatic N) is 4. The van der Waals surface area contributed by atoms with E-state index in [1.54, 1.807) is 22.5 Å². The van der Waals surface area contributed by atoms with Crippen LogP contribution in [0.15, 0.2) is 29.2 Å². The maximum absolute atomic E-state index is 12.2. The minimum atomic E-state index is -0.0213. The summed E-state index contributed by atoms with van der Waals surface area (Å²) in [5.41, 5.74) is 0.954. The van der Waals surface area contributed by atoms with Crippen LogP contribution in [0.2, 0.25) is 0 Å². The molecule has 3 rings (SSSR count). The Morgan fingerprint density at radius 1 is 1.32 bits per heavy atom. The Labute approximate surface area is 150 Å². The molecule has 2 aromatic rings. The second-order valence-electron chi connectivity index (χ2n) is 6.05. The zero-order valence-electron chi connectivity index (χ0n) is 14.2. The molecule has 134 valence electrons. The molecule has 1 amide bonds. The van der Waals surface area contributed by atoms with Gasteiger partial charge in [-0.1, -0.05) is 6.07 Å². The van der Waals surface area contributed by atoms with Crippen LogP contribution in [0.1, 0.15) is 30.8 Å². The quantitative estimate of drug-likeness (QED) is 0.715. The van der Waals surface area contributed by atoms with Crippen LogP contribution < -0.4 is 11.0 Å². The van der Waals surface area contributed by atoms with E-state index < -0.39 is 0 Å². The highest BCUT2D eigenvalue weighted by atomic mass is 32.2. The number of carbonyl (C=O) groups excluding carboxylic acids is 1. The number of amides is 1. The summed E-state index contributed by atoms with van der Waals surface area (Å²) in [6.07, 6.45) is 5.48. The molecule has 0 fully saturated rings. The van der Waals surface area contributed by atoms with Gasteiger partial charge < -0.3 is 5.32 Å². The lowest BCUT2D eigenvalue weighted by molar-refractivity contribution is -0.118. The number of pyridine rings is 1. The van der Waals surface area contributed by atoms with E-state index in [1.165, 1.54) is 4.68 Å². The van der Waals surface area contributed by atoms with Crippen LogP contribution in [0.4, 0.5) is 0 Å². The first-order valence-corrected chi connectivity index (χ1v) is 9.80. The van der Waals surface area contributed by atoms with E-state index in [4.69, 9.17) is 0 Å². The predicted molar refractivity (Wildman–Crippen MR) is 97.5 cm³/mol. The second-order valence-corrected chi connectivity index (χ2v) is 7.03. The number of thioether (sulfide) groups is 1. The Bertz CT molecular complexity index is 756. The SMILES string of the molecule is O=C(CSCc1ccccn1)NCCCn1nc2n(c1=O)CCCC2. The van der Waals surface area contributed by atoms with Gasteiger partial charge in [0.2, 0.25) is 5.91 Å². The third kappa shape index (κ3) is 4.94. The number of aryl methyl sites for hydroxylation is 2. The van der Waals surface area contributed by atoms with Crippen molar-refractivity contribution in [3.05, 3.63) is 46.4 Å². The number of hydrogen-bond acceptors (Lipinski definition) is 5. The molecule has 0 atom stereocenters. The Balaban J connectivity index is 1.34. The van der Waals surface area contributed by atoms with E-state index in [-0.39, 0.29) is 11.6 Å². The molecule has 0 bridgehead atoms. The van der Waals surface area contributed by atoms with Gasteiger partial charge in [-0.15, -0.1) is 11.8 Å². The molecule has 2 aromatic heterocycles. The summed E-state index contributed by atoms with van der Waals surface area (Å²) in [6.45, 7) is 1.87. The van der Waals surface area contributed by atoms with Gasteiger partial charge in [0.25, 0.3) is 0 Å². The van der Waals surface area contributed by atoms with Crippen LogP contribution in [-0.4, -0.2) is 37.5 Å². The monoisotopic (exact) mass is 361 g/mol. The van der Waals surface area contributed by atoms with E-state index in [2.05, 4.69) is 15.4 Å². The van der Waals surface area contributed by atoms with E-state index in [1.807, 2.05) is 18.2 Å². The molecule has 0 aromatic carbocycles. The molecule has 7 nitrogen and oxygen atoms in total. The highest BCUT2D eigenvalue weighted by Gasteiger charge is 2.16. The van der Waals surface area contributed by atoms with Gasteiger partial charge in [-0.05, 0) is 31.4 Å². The van der Waals surface area contributed by atoms with Gasteiger partial charge in [0.15, 0.2) is 0 Å². The lowest BCUT2D eigenvalue weighted by Gasteiger charge is -2.09. The predicted octanol–water partition coefficient (Wildman–Crippen LogP) is 1.22. The first kappa shape index (κ1) is 17.7. The zero-order chi connectivity index (χ0) is 17.5. The molecule has 0 radical (unpaired) electrons. The van der Waals surface area contributed by atoms with Gasteiger partial charge in [-0.2, -0.15) is 5.10 Å². The molecule has 8 heteroatoms. The zero-order valence-corrected chi connectivity index (χ0v) is 15.0. The van der Waals surface area contributed by atoms with Crippen molar-refractivity contribution in [2.75, 3.05) is 12.3 Å². The smallest absolute Gasteiger partial charge is 0.345 e. The van der Waals surface area contributed by atoms with Gasteiger partial charge >= 0.3 is 5.69 Å². The second kappa shape index (κ2) is 8.84. The highest BCUT2D eigenvalue weighted by molar-refractivity contribution is 7.99. The molecule has 1 aliphatic heterocycles. The molecular weight excluding hydrogens is 338 g/mol. The fraction of sp³-hybridized carbons (Fsp3) is 0.529. The maximum atomic E-state index is 12.2. The van der Waals surface area contributed by atoms with Crippen molar-refractivity contribution in [2.24, 2.45) is 0 Å². The fourth-order valence-corrected chi connectivity index (χ4v) is 3.60. The summed E-state index contributed by atoms with van der Waals surface area (Å²) in [5, 5.41) is 7.28. The summed E-state index contributed by atoms with van der Waals surface area (Å²) in [5.74, 6) is 2.04. The molecule has 0 aliphatic carbocycles. The normalized spacial score (nSPS) is 13.4. The van der Waals surface area contributed by atoms with Crippen LogP contribution in [0, 0.1) is 0 Å². The van der Waals surface area contributed by atoms with Gasteiger partial charge in [0.05, 0.1) is 11.4 Å². The number of nitrogens with one attached hydrogen (secondary N) is 1. The first-order chi connectivity index (χ1) is 12.2. The van der Waals surface area contributed by atoms with Crippen LogP contribution >= 0.6 is 11.8 Å². The number of fused-ring (bicyclic) bond motifs is 1. The number of carbonyl (C=O) groups is 1. The van der Waals surface area contributed by atoms with Gasteiger partial charge in [-0.3, -0.25) is 14.3 Å².